The third kappa shape index (κ3) is 5.82. The van der Waals surface area contributed by atoms with Crippen molar-refractivity contribution in [3.05, 3.63) is 11.1 Å². The van der Waals surface area contributed by atoms with Gasteiger partial charge >= 0.3 is 5.97 Å². The van der Waals surface area contributed by atoms with Crippen molar-refractivity contribution < 1.29 is 9.53 Å². The van der Waals surface area contributed by atoms with Crippen LogP contribution in [-0.4, -0.2) is 12.6 Å². The third-order valence-electron chi connectivity index (χ3n) is 0.884. The Morgan fingerprint density at radius 3 is 2.90 bits per heavy atom. The van der Waals surface area contributed by atoms with E-state index in [0.717, 1.165) is 6.42 Å². The SMILES string of the molecule is CCCC(=O)OC/C=C/Br. The first-order chi connectivity index (χ1) is 4.81. The maximum absolute atomic E-state index is 10.6. The molecule has 10 heavy (non-hydrogen) atoms. The summed E-state index contributed by atoms with van der Waals surface area (Å²) in [4.78, 5) is 12.3. The second kappa shape index (κ2) is 6.81. The number of hydrogen-bond donors (Lipinski definition) is 0. The van der Waals surface area contributed by atoms with Crippen LogP contribution in [0.4, 0.5) is 0 Å². The lowest BCUT2D eigenvalue weighted by molar-refractivity contribution is -0.142. The zero-order valence-corrected chi connectivity index (χ0v) is 7.56. The Labute approximate surface area is 69.4 Å². The molecule has 0 spiro atoms. The second-order valence-electron chi connectivity index (χ2n) is 1.79. The fourth-order valence-corrected chi connectivity index (χ4v) is 0.606. The predicted octanol–water partition coefficient (Wildman–Crippen LogP) is 2.24. The summed E-state index contributed by atoms with van der Waals surface area (Å²) in [6.07, 6.45) is 3.08. The van der Waals surface area contributed by atoms with Crippen molar-refractivity contribution in [3.63, 3.8) is 0 Å². The molecule has 0 aliphatic carbocycles. The Morgan fingerprint density at radius 1 is 1.70 bits per heavy atom. The van der Waals surface area contributed by atoms with Crippen molar-refractivity contribution >= 4 is 21.9 Å². The molecule has 2 nitrogen and oxygen atoms in total. The zero-order chi connectivity index (χ0) is 7.82. The van der Waals surface area contributed by atoms with Crippen LogP contribution >= 0.6 is 15.9 Å². The summed E-state index contributed by atoms with van der Waals surface area (Å²) >= 11 is 3.07. The average molecular weight is 207 g/mol. The Morgan fingerprint density at radius 2 is 2.40 bits per heavy atom. The normalized spacial score (nSPS) is 10.2. The van der Waals surface area contributed by atoms with Gasteiger partial charge in [0.2, 0.25) is 0 Å². The molecule has 0 saturated carbocycles. The molecular formula is C7H11BrO2. The highest BCUT2D eigenvalue weighted by Crippen LogP contribution is 1.91. The minimum atomic E-state index is -0.131. The number of esters is 1. The molecule has 0 aromatic carbocycles. The van der Waals surface area contributed by atoms with Gasteiger partial charge in [-0.3, -0.25) is 4.79 Å². The van der Waals surface area contributed by atoms with Gasteiger partial charge in [-0.05, 0) is 17.5 Å². The maximum atomic E-state index is 10.6. The fourth-order valence-electron chi connectivity index (χ4n) is 0.454. The summed E-state index contributed by atoms with van der Waals surface area (Å²) in [5, 5.41) is 0. The highest BCUT2D eigenvalue weighted by atomic mass is 79.9. The van der Waals surface area contributed by atoms with Crippen molar-refractivity contribution in [2.24, 2.45) is 0 Å². The molecule has 0 aliphatic heterocycles. The molecule has 0 rings (SSSR count). The lowest BCUT2D eigenvalue weighted by atomic mass is 10.3. The molecule has 0 fully saturated rings. The first-order valence-electron chi connectivity index (χ1n) is 3.22. The van der Waals surface area contributed by atoms with Crippen LogP contribution in [0, 0.1) is 0 Å². The molecule has 0 heterocycles. The van der Waals surface area contributed by atoms with Gasteiger partial charge in [0.1, 0.15) is 6.61 Å². The van der Waals surface area contributed by atoms with Crippen molar-refractivity contribution in [2.75, 3.05) is 6.61 Å². The van der Waals surface area contributed by atoms with E-state index in [9.17, 15) is 4.79 Å². The van der Waals surface area contributed by atoms with E-state index < -0.39 is 0 Å². The molecule has 0 unspecified atom stereocenters. The van der Waals surface area contributed by atoms with Crippen molar-refractivity contribution in [2.45, 2.75) is 19.8 Å². The molecule has 0 aromatic heterocycles. The van der Waals surface area contributed by atoms with Crippen molar-refractivity contribution in [1.82, 2.24) is 0 Å². The van der Waals surface area contributed by atoms with E-state index in [4.69, 9.17) is 4.74 Å². The topological polar surface area (TPSA) is 26.3 Å². The highest BCUT2D eigenvalue weighted by Gasteiger charge is 1.96. The molecule has 0 aromatic rings. The summed E-state index contributed by atoms with van der Waals surface area (Å²) in [6.45, 7) is 2.31. The van der Waals surface area contributed by atoms with Gasteiger partial charge in [-0.2, -0.15) is 0 Å². The zero-order valence-electron chi connectivity index (χ0n) is 5.97. The van der Waals surface area contributed by atoms with E-state index in [-0.39, 0.29) is 5.97 Å². The molecule has 0 radical (unpaired) electrons. The first kappa shape index (κ1) is 9.69. The van der Waals surface area contributed by atoms with Crippen LogP contribution in [0.2, 0.25) is 0 Å². The van der Waals surface area contributed by atoms with Gasteiger partial charge in [0, 0.05) is 6.42 Å². The van der Waals surface area contributed by atoms with Crippen LogP contribution in [0.25, 0.3) is 0 Å². The third-order valence-corrected chi connectivity index (χ3v) is 1.26. The largest absolute Gasteiger partial charge is 0.461 e. The molecule has 0 bridgehead atoms. The van der Waals surface area contributed by atoms with E-state index in [2.05, 4.69) is 15.9 Å². The standard InChI is InChI=1S/C7H11BrO2/c1-2-4-7(9)10-6-3-5-8/h3,5H,2,4,6H2,1H3/b5-3+. The van der Waals surface area contributed by atoms with Crippen LogP contribution in [0.1, 0.15) is 19.8 Å². The Balaban J connectivity index is 3.21. The van der Waals surface area contributed by atoms with E-state index >= 15 is 0 Å². The molecule has 0 aliphatic rings. The molecule has 0 atom stereocenters. The van der Waals surface area contributed by atoms with Gasteiger partial charge in [-0.1, -0.05) is 22.9 Å². The predicted molar refractivity (Wildman–Crippen MR) is 43.9 cm³/mol. The minimum absolute atomic E-state index is 0.131. The monoisotopic (exact) mass is 206 g/mol. The van der Waals surface area contributed by atoms with Gasteiger partial charge in [-0.25, -0.2) is 0 Å². The van der Waals surface area contributed by atoms with Gasteiger partial charge in [0.05, 0.1) is 0 Å². The quantitative estimate of drug-likeness (QED) is 0.660. The lowest BCUT2D eigenvalue weighted by Crippen LogP contribution is -2.02. The molecular weight excluding hydrogens is 196 g/mol. The van der Waals surface area contributed by atoms with Crippen molar-refractivity contribution in [1.29, 1.82) is 0 Å². The van der Waals surface area contributed by atoms with Crippen LogP contribution in [0.5, 0.6) is 0 Å². The number of carbonyl (C=O) groups is 1. The summed E-state index contributed by atoms with van der Waals surface area (Å²) in [5.74, 6) is -0.131. The molecule has 0 saturated heterocycles. The van der Waals surface area contributed by atoms with Crippen LogP contribution < -0.4 is 0 Å². The molecule has 3 heteroatoms. The minimum Gasteiger partial charge on any atom is -0.461 e. The molecule has 0 N–H and O–H groups in total. The van der Waals surface area contributed by atoms with E-state index in [0.29, 0.717) is 13.0 Å². The average Bonchev–Trinajstić information content (AvgIpc) is 1.89. The number of rotatable bonds is 4. The molecule has 58 valence electrons. The van der Waals surface area contributed by atoms with Gasteiger partial charge < -0.3 is 4.74 Å². The molecule has 0 amide bonds. The van der Waals surface area contributed by atoms with Crippen LogP contribution in [0.15, 0.2) is 11.1 Å². The van der Waals surface area contributed by atoms with E-state index in [1.807, 2.05) is 6.92 Å². The summed E-state index contributed by atoms with van der Waals surface area (Å²) < 4.78 is 4.77. The fraction of sp³-hybridized carbons (Fsp3) is 0.571. The number of carbonyl (C=O) groups excluding carboxylic acids is 1. The number of ether oxygens (including phenoxy) is 1. The first-order valence-corrected chi connectivity index (χ1v) is 4.13. The number of halogens is 1. The van der Waals surface area contributed by atoms with Gasteiger partial charge in [0.15, 0.2) is 0 Å². The lowest BCUT2D eigenvalue weighted by Gasteiger charge is -1.97. The summed E-state index contributed by atoms with van der Waals surface area (Å²) in [6, 6.07) is 0. The Kier molecular flexibility index (Phi) is 6.59. The van der Waals surface area contributed by atoms with E-state index in [1.54, 1.807) is 11.1 Å². The highest BCUT2D eigenvalue weighted by molar-refractivity contribution is 9.11. The van der Waals surface area contributed by atoms with Crippen molar-refractivity contribution in [3.8, 4) is 0 Å². The number of hydrogen-bond acceptors (Lipinski definition) is 2. The van der Waals surface area contributed by atoms with Gasteiger partial charge in [-0.15, -0.1) is 0 Å². The Bertz CT molecular complexity index is 121. The van der Waals surface area contributed by atoms with Gasteiger partial charge in [0.25, 0.3) is 0 Å². The van der Waals surface area contributed by atoms with Crippen LogP contribution in [-0.2, 0) is 9.53 Å². The maximum Gasteiger partial charge on any atom is 0.306 e. The smallest absolute Gasteiger partial charge is 0.306 e. The summed E-state index contributed by atoms with van der Waals surface area (Å²) in [7, 11) is 0. The van der Waals surface area contributed by atoms with E-state index in [1.165, 1.54) is 0 Å². The summed E-state index contributed by atoms with van der Waals surface area (Å²) in [5.41, 5.74) is 0. The van der Waals surface area contributed by atoms with Crippen LogP contribution in [0.3, 0.4) is 0 Å². The Hall–Kier alpha value is -0.310. The second-order valence-corrected chi connectivity index (χ2v) is 2.32.